The highest BCUT2D eigenvalue weighted by Crippen LogP contribution is 2.33. The van der Waals surface area contributed by atoms with Gasteiger partial charge < -0.3 is 24.6 Å². The quantitative estimate of drug-likeness (QED) is 0.395. The summed E-state index contributed by atoms with van der Waals surface area (Å²) in [6, 6.07) is 8.88. The van der Waals surface area contributed by atoms with Gasteiger partial charge in [-0.3, -0.25) is 19.7 Å². The molecule has 2 aromatic carbocycles. The first kappa shape index (κ1) is 27.4. The molecule has 2 aromatic rings. The standard InChI is InChI=1S/C28H36N4O6/c1-19(33)29-24-7-6-20(13-25(24)32(35)36)8-11-30-10-4-5-21(17-30)18-31-12-9-22-14-26(37-2)27(38-3)15-23(22)16-28(31)34/h6-7,13-15,21H,4-5,8-12,16-18H2,1-3H3,(H,29,33). The molecule has 1 unspecified atom stereocenters. The highest BCUT2D eigenvalue weighted by atomic mass is 16.6. The molecule has 1 fully saturated rings. The number of hydrogen-bond acceptors (Lipinski definition) is 7. The molecular formula is C28H36N4O6. The fourth-order valence-electron chi connectivity index (χ4n) is 5.49. The third-order valence-electron chi connectivity index (χ3n) is 7.42. The van der Waals surface area contributed by atoms with E-state index in [0.717, 1.165) is 62.1 Å². The van der Waals surface area contributed by atoms with E-state index in [9.17, 15) is 19.7 Å². The molecule has 10 heteroatoms. The molecule has 0 saturated carbocycles. The van der Waals surface area contributed by atoms with Crippen LogP contribution in [-0.2, 0) is 28.9 Å². The smallest absolute Gasteiger partial charge is 0.293 e. The minimum atomic E-state index is -0.464. The van der Waals surface area contributed by atoms with Crippen molar-refractivity contribution in [1.29, 1.82) is 0 Å². The van der Waals surface area contributed by atoms with Crippen LogP contribution in [0.2, 0.25) is 0 Å². The molecule has 2 heterocycles. The summed E-state index contributed by atoms with van der Waals surface area (Å²) in [5.74, 6) is 1.51. The minimum Gasteiger partial charge on any atom is -0.493 e. The number of carbonyl (C=O) groups is 2. The molecule has 1 atom stereocenters. The van der Waals surface area contributed by atoms with Gasteiger partial charge >= 0.3 is 0 Å². The second kappa shape index (κ2) is 12.3. The largest absolute Gasteiger partial charge is 0.493 e. The Hall–Kier alpha value is -3.66. The number of methoxy groups -OCH3 is 2. The Kier molecular flexibility index (Phi) is 8.83. The molecule has 204 valence electrons. The number of nitrogens with one attached hydrogen (secondary N) is 1. The molecule has 1 saturated heterocycles. The summed E-state index contributed by atoms with van der Waals surface area (Å²) in [5, 5.41) is 14.0. The second-order valence-electron chi connectivity index (χ2n) is 10.1. The fourth-order valence-corrected chi connectivity index (χ4v) is 5.49. The maximum atomic E-state index is 13.1. The predicted molar refractivity (Wildman–Crippen MR) is 144 cm³/mol. The molecule has 0 bridgehead atoms. The number of amides is 2. The first-order chi connectivity index (χ1) is 18.3. The van der Waals surface area contributed by atoms with Crippen LogP contribution in [0.5, 0.6) is 11.5 Å². The van der Waals surface area contributed by atoms with Gasteiger partial charge in [-0.2, -0.15) is 0 Å². The van der Waals surface area contributed by atoms with Crippen molar-refractivity contribution in [3.63, 3.8) is 0 Å². The van der Waals surface area contributed by atoms with Gasteiger partial charge in [0.2, 0.25) is 11.8 Å². The summed E-state index contributed by atoms with van der Waals surface area (Å²) in [6.07, 6.45) is 3.95. The zero-order valence-electron chi connectivity index (χ0n) is 22.3. The van der Waals surface area contributed by atoms with Crippen molar-refractivity contribution in [3.05, 3.63) is 57.1 Å². The van der Waals surface area contributed by atoms with Crippen molar-refractivity contribution >= 4 is 23.2 Å². The number of likely N-dealkylation sites (tertiary alicyclic amines) is 1. The van der Waals surface area contributed by atoms with Gasteiger partial charge in [0.1, 0.15) is 5.69 Å². The van der Waals surface area contributed by atoms with E-state index < -0.39 is 4.92 Å². The van der Waals surface area contributed by atoms with E-state index in [0.29, 0.717) is 36.8 Å². The Labute approximate surface area is 223 Å². The summed E-state index contributed by atoms with van der Waals surface area (Å²) in [4.78, 5) is 39.9. The Morgan fingerprint density at radius 3 is 2.55 bits per heavy atom. The first-order valence-corrected chi connectivity index (χ1v) is 13.1. The second-order valence-corrected chi connectivity index (χ2v) is 10.1. The van der Waals surface area contributed by atoms with Crippen LogP contribution in [0.1, 0.15) is 36.5 Å². The fraction of sp³-hybridized carbons (Fsp3) is 0.500. The third kappa shape index (κ3) is 6.61. The number of piperidine rings is 1. The molecule has 1 N–H and O–H groups in total. The summed E-state index contributed by atoms with van der Waals surface area (Å²) < 4.78 is 10.9. The van der Waals surface area contributed by atoms with Crippen LogP contribution in [0.25, 0.3) is 0 Å². The summed E-state index contributed by atoms with van der Waals surface area (Å²) in [7, 11) is 3.22. The van der Waals surface area contributed by atoms with Gasteiger partial charge in [0, 0.05) is 39.2 Å². The van der Waals surface area contributed by atoms with Crippen molar-refractivity contribution in [2.75, 3.05) is 52.3 Å². The van der Waals surface area contributed by atoms with E-state index in [-0.39, 0.29) is 23.2 Å². The maximum absolute atomic E-state index is 13.1. The molecular weight excluding hydrogens is 488 g/mol. The Balaban J connectivity index is 1.34. The van der Waals surface area contributed by atoms with E-state index >= 15 is 0 Å². The number of anilines is 1. The van der Waals surface area contributed by atoms with E-state index in [1.54, 1.807) is 26.4 Å². The SMILES string of the molecule is COc1cc2c(cc1OC)CC(=O)N(CC1CCCN(CCc3ccc(NC(C)=O)c([N+](=O)[O-])c3)C1)CC2. The molecule has 4 rings (SSSR count). The number of nitrogens with zero attached hydrogens (tertiary/aromatic N) is 3. The first-order valence-electron chi connectivity index (χ1n) is 13.1. The highest BCUT2D eigenvalue weighted by molar-refractivity contribution is 5.91. The van der Waals surface area contributed by atoms with Crippen LogP contribution < -0.4 is 14.8 Å². The molecule has 0 spiro atoms. The molecule has 38 heavy (non-hydrogen) atoms. The molecule has 2 aliphatic rings. The topological polar surface area (TPSA) is 114 Å². The number of nitro groups is 1. The Morgan fingerprint density at radius 2 is 1.87 bits per heavy atom. The lowest BCUT2D eigenvalue weighted by atomic mass is 9.96. The number of ether oxygens (including phenoxy) is 2. The van der Waals surface area contributed by atoms with Crippen LogP contribution in [0, 0.1) is 16.0 Å². The monoisotopic (exact) mass is 524 g/mol. The molecule has 0 aromatic heterocycles. The highest BCUT2D eigenvalue weighted by Gasteiger charge is 2.27. The molecule has 0 aliphatic carbocycles. The van der Waals surface area contributed by atoms with Crippen LogP contribution in [0.3, 0.4) is 0 Å². The Bertz CT molecular complexity index is 1200. The number of carbonyl (C=O) groups excluding carboxylic acids is 2. The van der Waals surface area contributed by atoms with Crippen LogP contribution >= 0.6 is 0 Å². The summed E-state index contributed by atoms with van der Waals surface area (Å²) in [5.41, 5.74) is 3.11. The zero-order chi connectivity index (χ0) is 27.2. The van der Waals surface area contributed by atoms with E-state index in [1.165, 1.54) is 6.92 Å². The van der Waals surface area contributed by atoms with Crippen molar-refractivity contribution in [2.45, 2.75) is 39.0 Å². The Morgan fingerprint density at radius 1 is 1.13 bits per heavy atom. The molecule has 0 radical (unpaired) electrons. The van der Waals surface area contributed by atoms with Gasteiger partial charge in [-0.1, -0.05) is 6.07 Å². The van der Waals surface area contributed by atoms with E-state index in [4.69, 9.17) is 9.47 Å². The van der Waals surface area contributed by atoms with Crippen LogP contribution in [0.4, 0.5) is 11.4 Å². The van der Waals surface area contributed by atoms with Gasteiger partial charge in [0.05, 0.1) is 25.6 Å². The lowest BCUT2D eigenvalue weighted by Crippen LogP contribution is -2.44. The normalized spacial score (nSPS) is 17.9. The zero-order valence-corrected chi connectivity index (χ0v) is 22.3. The number of fused-ring (bicyclic) bond motifs is 1. The minimum absolute atomic E-state index is 0.0925. The van der Waals surface area contributed by atoms with Crippen LogP contribution in [-0.4, -0.2) is 73.5 Å². The maximum Gasteiger partial charge on any atom is 0.293 e. The number of hydrogen-bond donors (Lipinski definition) is 1. The summed E-state index contributed by atoms with van der Waals surface area (Å²) >= 11 is 0. The van der Waals surface area contributed by atoms with Gasteiger partial charge in [0.25, 0.3) is 5.69 Å². The molecule has 10 nitrogen and oxygen atoms in total. The number of benzene rings is 2. The predicted octanol–water partition coefficient (Wildman–Crippen LogP) is 3.45. The van der Waals surface area contributed by atoms with Crippen molar-refractivity contribution in [3.8, 4) is 11.5 Å². The third-order valence-corrected chi connectivity index (χ3v) is 7.42. The lowest BCUT2D eigenvalue weighted by molar-refractivity contribution is -0.384. The van der Waals surface area contributed by atoms with Gasteiger partial charge in [-0.15, -0.1) is 0 Å². The summed E-state index contributed by atoms with van der Waals surface area (Å²) in [6.45, 7) is 5.39. The van der Waals surface area contributed by atoms with Crippen molar-refractivity contribution in [1.82, 2.24) is 9.80 Å². The van der Waals surface area contributed by atoms with Crippen molar-refractivity contribution in [2.24, 2.45) is 5.92 Å². The van der Waals surface area contributed by atoms with Gasteiger partial charge in [-0.05, 0) is 73.0 Å². The average Bonchev–Trinajstić information content (AvgIpc) is 3.04. The number of rotatable bonds is 9. The molecule has 2 amide bonds. The van der Waals surface area contributed by atoms with Gasteiger partial charge in [0.15, 0.2) is 11.5 Å². The van der Waals surface area contributed by atoms with E-state index in [1.807, 2.05) is 23.1 Å². The van der Waals surface area contributed by atoms with Gasteiger partial charge in [-0.25, -0.2) is 0 Å². The molecule has 2 aliphatic heterocycles. The van der Waals surface area contributed by atoms with Crippen LogP contribution in [0.15, 0.2) is 30.3 Å². The lowest BCUT2D eigenvalue weighted by Gasteiger charge is -2.35. The van der Waals surface area contributed by atoms with Crippen molar-refractivity contribution < 1.29 is 24.0 Å². The van der Waals surface area contributed by atoms with E-state index in [2.05, 4.69) is 10.2 Å². The average molecular weight is 525 g/mol. The number of nitro benzene ring substituents is 1.